The molecule has 2 N–H and O–H groups in total. The van der Waals surface area contributed by atoms with Crippen LogP contribution in [0.5, 0.6) is 5.75 Å². The Balaban J connectivity index is 1.63. The van der Waals surface area contributed by atoms with Crippen LogP contribution in [0.4, 0.5) is 11.5 Å². The van der Waals surface area contributed by atoms with Crippen LogP contribution in [-0.2, 0) is 4.79 Å². The van der Waals surface area contributed by atoms with Gasteiger partial charge in [0.15, 0.2) is 0 Å². The van der Waals surface area contributed by atoms with Crippen LogP contribution < -0.4 is 15.4 Å². The summed E-state index contributed by atoms with van der Waals surface area (Å²) in [6, 6.07) is 8.67. The van der Waals surface area contributed by atoms with E-state index in [0.29, 0.717) is 22.8 Å². The molecule has 0 spiro atoms. The van der Waals surface area contributed by atoms with Crippen molar-refractivity contribution in [2.75, 3.05) is 17.7 Å². The molecule has 6 heteroatoms. The third-order valence-corrected chi connectivity index (χ3v) is 4.94. The number of carbonyl (C=O) groups excluding carboxylic acids is 2. The predicted octanol–water partition coefficient (Wildman–Crippen LogP) is 4.17. The summed E-state index contributed by atoms with van der Waals surface area (Å²) >= 11 is 0. The number of methoxy groups -OCH3 is 1. The average molecular weight is 367 g/mol. The van der Waals surface area contributed by atoms with Crippen molar-refractivity contribution < 1.29 is 14.3 Å². The van der Waals surface area contributed by atoms with Crippen molar-refractivity contribution in [1.82, 2.24) is 4.98 Å². The largest absolute Gasteiger partial charge is 0.497 e. The topological polar surface area (TPSA) is 80.3 Å². The molecule has 0 bridgehead atoms. The number of aryl methyl sites for hydroxylation is 1. The molecule has 1 aliphatic rings. The number of anilines is 2. The Morgan fingerprint density at radius 2 is 1.78 bits per heavy atom. The Labute approximate surface area is 159 Å². The summed E-state index contributed by atoms with van der Waals surface area (Å²) in [5.74, 6) is 1.11. The molecule has 1 heterocycles. The number of benzene rings is 1. The fraction of sp³-hybridized carbons (Fsp3) is 0.381. The van der Waals surface area contributed by atoms with Crippen LogP contribution >= 0.6 is 0 Å². The van der Waals surface area contributed by atoms with Crippen molar-refractivity contribution in [3.8, 4) is 5.75 Å². The number of carbonyl (C=O) groups is 2. The minimum atomic E-state index is -0.221. The second kappa shape index (κ2) is 8.66. The van der Waals surface area contributed by atoms with Gasteiger partial charge in [0.25, 0.3) is 5.91 Å². The molecule has 1 fully saturated rings. The van der Waals surface area contributed by atoms with E-state index in [-0.39, 0.29) is 17.7 Å². The molecule has 3 rings (SSSR count). The maximum Gasteiger partial charge on any atom is 0.255 e. The highest BCUT2D eigenvalue weighted by Gasteiger charge is 2.21. The van der Waals surface area contributed by atoms with Crippen LogP contribution in [0, 0.1) is 12.8 Å². The minimum absolute atomic E-state index is 0.0385. The molecule has 0 saturated heterocycles. The summed E-state index contributed by atoms with van der Waals surface area (Å²) in [5.41, 5.74) is 1.99. The molecular formula is C21H25N3O3. The zero-order chi connectivity index (χ0) is 19.2. The van der Waals surface area contributed by atoms with Gasteiger partial charge in [-0.1, -0.05) is 19.3 Å². The van der Waals surface area contributed by atoms with E-state index in [2.05, 4.69) is 15.6 Å². The number of rotatable bonds is 5. The highest BCUT2D eigenvalue weighted by atomic mass is 16.5. The van der Waals surface area contributed by atoms with E-state index in [1.54, 1.807) is 43.6 Å². The van der Waals surface area contributed by atoms with Crippen LogP contribution in [-0.4, -0.2) is 23.9 Å². The monoisotopic (exact) mass is 367 g/mol. The third kappa shape index (κ3) is 4.84. The van der Waals surface area contributed by atoms with E-state index >= 15 is 0 Å². The van der Waals surface area contributed by atoms with Gasteiger partial charge in [0.1, 0.15) is 11.6 Å². The van der Waals surface area contributed by atoms with Gasteiger partial charge in [0.2, 0.25) is 5.91 Å². The first-order valence-corrected chi connectivity index (χ1v) is 9.29. The van der Waals surface area contributed by atoms with Gasteiger partial charge < -0.3 is 15.4 Å². The van der Waals surface area contributed by atoms with Gasteiger partial charge in [-0.05, 0) is 55.7 Å². The molecule has 1 saturated carbocycles. The summed E-state index contributed by atoms with van der Waals surface area (Å²) in [4.78, 5) is 29.0. The lowest BCUT2D eigenvalue weighted by Crippen LogP contribution is -2.25. The molecule has 6 nitrogen and oxygen atoms in total. The number of hydrogen-bond acceptors (Lipinski definition) is 4. The molecule has 2 aromatic rings. The van der Waals surface area contributed by atoms with E-state index in [0.717, 1.165) is 31.2 Å². The SMILES string of the molecule is COc1ccc(C(=O)Nc2cnc(NC(=O)C3CCCCC3)cc2C)cc1. The van der Waals surface area contributed by atoms with Gasteiger partial charge in [-0.15, -0.1) is 0 Å². The summed E-state index contributed by atoms with van der Waals surface area (Å²) in [5, 5.41) is 5.75. The van der Waals surface area contributed by atoms with Gasteiger partial charge in [-0.25, -0.2) is 4.98 Å². The lowest BCUT2D eigenvalue weighted by molar-refractivity contribution is -0.120. The lowest BCUT2D eigenvalue weighted by Gasteiger charge is -2.20. The maximum atomic E-state index is 12.4. The summed E-state index contributed by atoms with van der Waals surface area (Å²) in [6.45, 7) is 1.88. The fourth-order valence-electron chi connectivity index (χ4n) is 3.29. The number of pyridine rings is 1. The predicted molar refractivity (Wildman–Crippen MR) is 105 cm³/mol. The van der Waals surface area contributed by atoms with Crippen molar-refractivity contribution in [2.45, 2.75) is 39.0 Å². The van der Waals surface area contributed by atoms with E-state index in [1.165, 1.54) is 6.42 Å². The van der Waals surface area contributed by atoms with Crippen LogP contribution in [0.2, 0.25) is 0 Å². The van der Waals surface area contributed by atoms with Crippen LogP contribution in [0.1, 0.15) is 48.0 Å². The van der Waals surface area contributed by atoms with E-state index in [1.807, 2.05) is 6.92 Å². The van der Waals surface area contributed by atoms with E-state index in [4.69, 9.17) is 4.74 Å². The number of hydrogen-bond donors (Lipinski definition) is 2. The van der Waals surface area contributed by atoms with Crippen molar-refractivity contribution in [1.29, 1.82) is 0 Å². The molecule has 1 aromatic carbocycles. The number of aromatic nitrogens is 1. The number of nitrogens with one attached hydrogen (secondary N) is 2. The number of nitrogens with zero attached hydrogens (tertiary/aromatic N) is 1. The molecule has 27 heavy (non-hydrogen) atoms. The van der Waals surface area contributed by atoms with Gasteiger partial charge in [0, 0.05) is 11.5 Å². The Hall–Kier alpha value is -2.89. The number of amides is 2. The number of ether oxygens (including phenoxy) is 1. The van der Waals surface area contributed by atoms with Crippen molar-refractivity contribution in [2.24, 2.45) is 5.92 Å². The first-order chi connectivity index (χ1) is 13.1. The second-order valence-corrected chi connectivity index (χ2v) is 6.89. The van der Waals surface area contributed by atoms with Crippen LogP contribution in [0.15, 0.2) is 36.5 Å². The molecule has 1 aliphatic carbocycles. The maximum absolute atomic E-state index is 12.4. The molecule has 142 valence electrons. The molecule has 0 radical (unpaired) electrons. The Bertz CT molecular complexity index is 812. The molecule has 0 atom stereocenters. The third-order valence-electron chi connectivity index (χ3n) is 4.94. The average Bonchev–Trinajstić information content (AvgIpc) is 2.70. The Kier molecular flexibility index (Phi) is 6.06. The highest BCUT2D eigenvalue weighted by molar-refractivity contribution is 6.04. The first kappa shape index (κ1) is 18.9. The van der Waals surface area contributed by atoms with Crippen molar-refractivity contribution in [3.05, 3.63) is 47.7 Å². The molecule has 0 aliphatic heterocycles. The smallest absolute Gasteiger partial charge is 0.255 e. The Morgan fingerprint density at radius 3 is 2.41 bits per heavy atom. The van der Waals surface area contributed by atoms with Gasteiger partial charge in [-0.2, -0.15) is 0 Å². The molecular weight excluding hydrogens is 342 g/mol. The summed E-state index contributed by atoms with van der Waals surface area (Å²) in [6.07, 6.45) is 6.90. The quantitative estimate of drug-likeness (QED) is 0.831. The molecule has 0 unspecified atom stereocenters. The zero-order valence-corrected chi connectivity index (χ0v) is 15.7. The van der Waals surface area contributed by atoms with Gasteiger partial charge in [-0.3, -0.25) is 9.59 Å². The minimum Gasteiger partial charge on any atom is -0.497 e. The van der Waals surface area contributed by atoms with Crippen LogP contribution in [0.3, 0.4) is 0 Å². The van der Waals surface area contributed by atoms with E-state index in [9.17, 15) is 9.59 Å². The van der Waals surface area contributed by atoms with E-state index < -0.39 is 0 Å². The highest BCUT2D eigenvalue weighted by Crippen LogP contribution is 2.25. The normalized spacial score (nSPS) is 14.4. The summed E-state index contributed by atoms with van der Waals surface area (Å²) < 4.78 is 5.10. The lowest BCUT2D eigenvalue weighted by atomic mass is 9.89. The second-order valence-electron chi connectivity index (χ2n) is 6.89. The van der Waals surface area contributed by atoms with Gasteiger partial charge >= 0.3 is 0 Å². The van der Waals surface area contributed by atoms with Crippen molar-refractivity contribution in [3.63, 3.8) is 0 Å². The zero-order valence-electron chi connectivity index (χ0n) is 15.7. The summed E-state index contributed by atoms with van der Waals surface area (Å²) in [7, 11) is 1.58. The molecule has 1 aromatic heterocycles. The fourth-order valence-corrected chi connectivity index (χ4v) is 3.29. The van der Waals surface area contributed by atoms with Crippen molar-refractivity contribution >= 4 is 23.3 Å². The standard InChI is InChI=1S/C21H25N3O3/c1-14-12-19(24-21(26)15-6-4-3-5-7-15)22-13-18(14)23-20(25)16-8-10-17(27-2)11-9-16/h8-13,15H,3-7H2,1-2H3,(H,23,25)(H,22,24,26). The Morgan fingerprint density at radius 1 is 1.07 bits per heavy atom. The van der Waals surface area contributed by atoms with Crippen LogP contribution in [0.25, 0.3) is 0 Å². The first-order valence-electron chi connectivity index (χ1n) is 9.29. The molecule has 2 amide bonds. The van der Waals surface area contributed by atoms with Gasteiger partial charge in [0.05, 0.1) is 19.0 Å².